The highest BCUT2D eigenvalue weighted by atomic mass is 32.2. The number of carbonyl (C=O) groups is 1. The SMILES string of the molecule is O=C(CSc1nnc(N2CCN(c3ccccc3)CC2)s1)OCc1ccccc1. The fourth-order valence-corrected chi connectivity index (χ4v) is 4.77. The van der Waals surface area contributed by atoms with Crippen molar-refractivity contribution in [1.82, 2.24) is 10.2 Å². The molecule has 2 heterocycles. The van der Waals surface area contributed by atoms with E-state index in [-0.39, 0.29) is 11.7 Å². The van der Waals surface area contributed by atoms with Crippen LogP contribution in [0, 0.1) is 0 Å². The van der Waals surface area contributed by atoms with Crippen LogP contribution in [0.25, 0.3) is 0 Å². The molecule has 0 aliphatic carbocycles. The quantitative estimate of drug-likeness (QED) is 0.422. The Labute approximate surface area is 178 Å². The second-order valence-corrected chi connectivity index (χ2v) is 8.77. The van der Waals surface area contributed by atoms with E-state index in [0.29, 0.717) is 6.61 Å². The van der Waals surface area contributed by atoms with E-state index in [0.717, 1.165) is 41.2 Å². The molecule has 4 rings (SSSR count). The van der Waals surface area contributed by atoms with Gasteiger partial charge in [-0.15, -0.1) is 10.2 Å². The van der Waals surface area contributed by atoms with Crippen LogP contribution in [-0.2, 0) is 16.1 Å². The fourth-order valence-electron chi connectivity index (χ4n) is 3.08. The molecule has 1 aliphatic heterocycles. The summed E-state index contributed by atoms with van der Waals surface area (Å²) in [5, 5.41) is 9.45. The van der Waals surface area contributed by atoms with Gasteiger partial charge in [0, 0.05) is 31.9 Å². The van der Waals surface area contributed by atoms with Crippen LogP contribution in [0.1, 0.15) is 5.56 Å². The van der Waals surface area contributed by atoms with Crippen LogP contribution in [0.3, 0.4) is 0 Å². The zero-order chi connectivity index (χ0) is 19.9. The van der Waals surface area contributed by atoms with E-state index < -0.39 is 0 Å². The summed E-state index contributed by atoms with van der Waals surface area (Å²) in [5.41, 5.74) is 2.24. The van der Waals surface area contributed by atoms with Gasteiger partial charge < -0.3 is 14.5 Å². The number of hydrogen-bond donors (Lipinski definition) is 0. The third-order valence-corrected chi connectivity index (χ3v) is 6.71. The number of piperazine rings is 1. The Kier molecular flexibility index (Phi) is 6.63. The number of para-hydroxylation sites is 1. The van der Waals surface area contributed by atoms with Crippen molar-refractivity contribution in [2.24, 2.45) is 0 Å². The minimum atomic E-state index is -0.243. The van der Waals surface area contributed by atoms with Gasteiger partial charge >= 0.3 is 5.97 Å². The highest BCUT2D eigenvalue weighted by Crippen LogP contribution is 2.29. The highest BCUT2D eigenvalue weighted by Gasteiger charge is 2.20. The van der Waals surface area contributed by atoms with Gasteiger partial charge in [-0.25, -0.2) is 0 Å². The number of benzene rings is 2. The summed E-state index contributed by atoms with van der Waals surface area (Å²) in [6.07, 6.45) is 0. The summed E-state index contributed by atoms with van der Waals surface area (Å²) < 4.78 is 6.10. The van der Waals surface area contributed by atoms with Crippen molar-refractivity contribution in [3.05, 3.63) is 66.2 Å². The van der Waals surface area contributed by atoms with Gasteiger partial charge in [-0.2, -0.15) is 0 Å². The normalized spacial score (nSPS) is 14.1. The molecule has 0 radical (unpaired) electrons. The minimum Gasteiger partial charge on any atom is -0.460 e. The van der Waals surface area contributed by atoms with E-state index in [1.807, 2.05) is 36.4 Å². The monoisotopic (exact) mass is 426 g/mol. The number of ether oxygens (including phenoxy) is 1. The molecule has 1 fully saturated rings. The number of carbonyl (C=O) groups excluding carboxylic acids is 1. The topological polar surface area (TPSA) is 58.6 Å². The lowest BCUT2D eigenvalue weighted by atomic mass is 10.2. The van der Waals surface area contributed by atoms with E-state index in [1.54, 1.807) is 0 Å². The molecule has 0 spiro atoms. The van der Waals surface area contributed by atoms with Crippen LogP contribution in [0.5, 0.6) is 0 Å². The number of hydrogen-bond acceptors (Lipinski definition) is 8. The lowest BCUT2D eigenvalue weighted by Gasteiger charge is -2.35. The lowest BCUT2D eigenvalue weighted by Crippen LogP contribution is -2.46. The molecule has 1 aromatic heterocycles. The molecule has 2 aromatic carbocycles. The van der Waals surface area contributed by atoms with Crippen LogP contribution in [0.15, 0.2) is 65.0 Å². The van der Waals surface area contributed by atoms with Crippen molar-refractivity contribution in [2.45, 2.75) is 10.9 Å². The molecule has 0 amide bonds. The largest absolute Gasteiger partial charge is 0.460 e. The maximum absolute atomic E-state index is 12.0. The smallest absolute Gasteiger partial charge is 0.316 e. The molecule has 3 aromatic rings. The first kappa shape index (κ1) is 19.7. The molecule has 0 N–H and O–H groups in total. The summed E-state index contributed by atoms with van der Waals surface area (Å²) in [5.74, 6) is -0.00411. The van der Waals surface area contributed by atoms with Crippen molar-refractivity contribution in [1.29, 1.82) is 0 Å². The fraction of sp³-hybridized carbons (Fsp3) is 0.286. The standard InChI is InChI=1S/C21H22N4O2S2/c26-19(27-15-17-7-3-1-4-8-17)16-28-21-23-22-20(29-21)25-13-11-24(12-14-25)18-9-5-2-6-10-18/h1-10H,11-16H2. The van der Waals surface area contributed by atoms with Crippen molar-refractivity contribution in [3.8, 4) is 0 Å². The Morgan fingerprint density at radius 1 is 0.931 bits per heavy atom. The first-order valence-corrected chi connectivity index (χ1v) is 11.3. The molecular formula is C21H22N4O2S2. The molecular weight excluding hydrogens is 404 g/mol. The van der Waals surface area contributed by atoms with Crippen LogP contribution < -0.4 is 9.80 Å². The average Bonchev–Trinajstić information content (AvgIpc) is 3.27. The van der Waals surface area contributed by atoms with Gasteiger partial charge in [0.2, 0.25) is 5.13 Å². The summed E-state index contributed by atoms with van der Waals surface area (Å²) in [6, 6.07) is 20.2. The first-order valence-electron chi connectivity index (χ1n) is 9.49. The van der Waals surface area contributed by atoms with Crippen LogP contribution in [0.4, 0.5) is 10.8 Å². The second kappa shape index (κ2) is 9.76. The number of nitrogens with zero attached hydrogens (tertiary/aromatic N) is 4. The maximum Gasteiger partial charge on any atom is 0.316 e. The number of esters is 1. The Morgan fingerprint density at radius 3 is 2.31 bits per heavy atom. The van der Waals surface area contributed by atoms with E-state index in [9.17, 15) is 4.79 Å². The molecule has 6 nitrogen and oxygen atoms in total. The summed E-state index contributed by atoms with van der Waals surface area (Å²) in [6.45, 7) is 4.03. The predicted octanol–water partition coefficient (Wildman–Crippen LogP) is 3.70. The zero-order valence-corrected chi connectivity index (χ0v) is 17.6. The van der Waals surface area contributed by atoms with Gasteiger partial charge in [0.15, 0.2) is 4.34 Å². The third-order valence-electron chi connectivity index (χ3n) is 4.62. The van der Waals surface area contributed by atoms with Gasteiger partial charge in [-0.3, -0.25) is 4.79 Å². The molecule has 29 heavy (non-hydrogen) atoms. The van der Waals surface area contributed by atoms with Crippen molar-refractivity contribution in [3.63, 3.8) is 0 Å². The summed E-state index contributed by atoms with van der Waals surface area (Å²) in [7, 11) is 0. The number of anilines is 2. The van der Waals surface area contributed by atoms with Gasteiger partial charge in [-0.1, -0.05) is 71.6 Å². The molecule has 8 heteroatoms. The van der Waals surface area contributed by atoms with Crippen LogP contribution in [-0.4, -0.2) is 48.1 Å². The molecule has 1 aliphatic rings. The van der Waals surface area contributed by atoms with Gasteiger partial charge in [0.25, 0.3) is 0 Å². The van der Waals surface area contributed by atoms with Gasteiger partial charge in [0.1, 0.15) is 6.61 Å². The third kappa shape index (κ3) is 5.48. The Balaban J connectivity index is 1.22. The second-order valence-electron chi connectivity index (χ2n) is 6.60. The number of aromatic nitrogens is 2. The molecule has 0 unspecified atom stereocenters. The summed E-state index contributed by atoms with van der Waals surface area (Å²) >= 11 is 2.91. The van der Waals surface area contributed by atoms with E-state index in [2.05, 4.69) is 44.3 Å². The summed E-state index contributed by atoms with van der Waals surface area (Å²) in [4.78, 5) is 16.6. The van der Waals surface area contributed by atoms with Crippen LogP contribution >= 0.6 is 23.1 Å². The van der Waals surface area contributed by atoms with Crippen LogP contribution in [0.2, 0.25) is 0 Å². The average molecular weight is 427 g/mol. The van der Waals surface area contributed by atoms with Gasteiger partial charge in [0.05, 0.1) is 5.75 Å². The predicted molar refractivity (Wildman–Crippen MR) is 118 cm³/mol. The highest BCUT2D eigenvalue weighted by molar-refractivity contribution is 8.01. The van der Waals surface area contributed by atoms with Crippen molar-refractivity contribution >= 4 is 39.9 Å². The van der Waals surface area contributed by atoms with E-state index in [4.69, 9.17) is 4.74 Å². The van der Waals surface area contributed by atoms with Gasteiger partial charge in [-0.05, 0) is 17.7 Å². The molecule has 150 valence electrons. The lowest BCUT2D eigenvalue weighted by molar-refractivity contribution is -0.141. The Bertz CT molecular complexity index is 913. The Hall–Kier alpha value is -2.58. The number of rotatable bonds is 7. The first-order chi connectivity index (χ1) is 14.3. The molecule has 1 saturated heterocycles. The minimum absolute atomic E-state index is 0.239. The number of thioether (sulfide) groups is 1. The zero-order valence-electron chi connectivity index (χ0n) is 15.9. The molecule has 0 atom stereocenters. The molecule has 0 bridgehead atoms. The van der Waals surface area contributed by atoms with Crippen molar-refractivity contribution < 1.29 is 9.53 Å². The molecule has 0 saturated carbocycles. The van der Waals surface area contributed by atoms with E-state index in [1.165, 1.54) is 28.8 Å². The van der Waals surface area contributed by atoms with Crippen molar-refractivity contribution in [2.75, 3.05) is 41.7 Å². The maximum atomic E-state index is 12.0. The van der Waals surface area contributed by atoms with E-state index >= 15 is 0 Å². The Morgan fingerprint density at radius 2 is 1.59 bits per heavy atom.